The van der Waals surface area contributed by atoms with E-state index in [0.29, 0.717) is 6.42 Å². The van der Waals surface area contributed by atoms with Crippen molar-refractivity contribution in [2.24, 2.45) is 0 Å². The van der Waals surface area contributed by atoms with E-state index in [1.54, 1.807) is 11.3 Å². The van der Waals surface area contributed by atoms with Crippen LogP contribution in [0.2, 0.25) is 0 Å². The Bertz CT molecular complexity index is 502. The molecule has 0 saturated heterocycles. The van der Waals surface area contributed by atoms with Crippen LogP contribution >= 0.6 is 27.3 Å². The molecule has 0 aliphatic carbocycles. The Morgan fingerprint density at radius 1 is 1.24 bits per heavy atom. The fourth-order valence-electron chi connectivity index (χ4n) is 1.71. The van der Waals surface area contributed by atoms with E-state index in [4.69, 9.17) is 0 Å². The van der Waals surface area contributed by atoms with E-state index in [1.165, 1.54) is 18.2 Å². The Balaban J connectivity index is 2.25. The molecule has 0 aliphatic rings. The van der Waals surface area contributed by atoms with Crippen LogP contribution in [0.1, 0.15) is 21.5 Å². The highest BCUT2D eigenvalue weighted by Crippen LogP contribution is 2.32. The maximum Gasteiger partial charge on any atom is 0.129 e. The summed E-state index contributed by atoms with van der Waals surface area (Å²) in [5.41, 5.74) is 2.38. The Kier molecular flexibility index (Phi) is 3.94. The van der Waals surface area contributed by atoms with E-state index in [2.05, 4.69) is 15.9 Å². The molecule has 1 atom stereocenters. The van der Waals surface area contributed by atoms with Crippen molar-refractivity contribution in [2.75, 3.05) is 0 Å². The van der Waals surface area contributed by atoms with Gasteiger partial charge in [-0.1, -0.05) is 22.0 Å². The lowest BCUT2D eigenvalue weighted by atomic mass is 10.0. The number of aryl methyl sites for hydroxylation is 1. The van der Waals surface area contributed by atoms with Crippen LogP contribution in [0.15, 0.2) is 29.0 Å². The molecule has 17 heavy (non-hydrogen) atoms. The summed E-state index contributed by atoms with van der Waals surface area (Å²) in [4.78, 5) is -0.0554. The smallest absolute Gasteiger partial charge is 0.129 e. The van der Waals surface area contributed by atoms with Gasteiger partial charge in [-0.15, -0.1) is 0 Å². The van der Waals surface area contributed by atoms with Gasteiger partial charge in [0.25, 0.3) is 0 Å². The van der Waals surface area contributed by atoms with Crippen LogP contribution in [0.3, 0.4) is 0 Å². The molecule has 0 bridgehead atoms. The quantitative estimate of drug-likeness (QED) is 0.698. The lowest BCUT2D eigenvalue weighted by Gasteiger charge is -2.11. The number of thiophene rings is 1. The van der Waals surface area contributed by atoms with E-state index in [1.807, 2.05) is 17.7 Å². The van der Waals surface area contributed by atoms with Crippen molar-refractivity contribution < 1.29 is 8.78 Å². The summed E-state index contributed by atoms with van der Waals surface area (Å²) in [6.07, 6.45) is 0.316. The molecule has 0 nitrogen and oxygen atoms in total. The lowest BCUT2D eigenvalue weighted by molar-refractivity contribution is 0.554. The number of halogens is 3. The summed E-state index contributed by atoms with van der Waals surface area (Å²) in [6.45, 7) is 2.00. The number of alkyl halides is 1. The zero-order valence-corrected chi connectivity index (χ0v) is 11.6. The predicted octanol–water partition coefficient (Wildman–Crippen LogP) is 5.01. The third kappa shape index (κ3) is 2.75. The molecule has 2 rings (SSSR count). The van der Waals surface area contributed by atoms with Crippen LogP contribution in [0.25, 0.3) is 0 Å². The molecule has 90 valence electrons. The third-order valence-electron chi connectivity index (χ3n) is 2.68. The van der Waals surface area contributed by atoms with Gasteiger partial charge >= 0.3 is 0 Å². The first-order valence-corrected chi connectivity index (χ1v) is 7.05. The molecule has 0 N–H and O–H groups in total. The number of hydrogen-bond donors (Lipinski definition) is 0. The first-order valence-electron chi connectivity index (χ1n) is 5.19. The third-order valence-corrected chi connectivity index (χ3v) is 4.37. The molecular formula is C13H11BrF2S. The van der Waals surface area contributed by atoms with E-state index in [0.717, 1.165) is 11.1 Å². The number of benzene rings is 1. The zero-order valence-electron chi connectivity index (χ0n) is 9.21. The fourth-order valence-corrected chi connectivity index (χ4v) is 3.60. The first-order chi connectivity index (χ1) is 8.09. The molecule has 0 fully saturated rings. The van der Waals surface area contributed by atoms with Gasteiger partial charge in [0.2, 0.25) is 0 Å². The molecule has 1 aromatic carbocycles. The van der Waals surface area contributed by atoms with Gasteiger partial charge in [0, 0.05) is 10.4 Å². The predicted molar refractivity (Wildman–Crippen MR) is 70.8 cm³/mol. The SMILES string of the molecule is Cc1cscc1C(Br)Cc1c(F)cccc1F. The van der Waals surface area contributed by atoms with Crippen LogP contribution in [-0.4, -0.2) is 0 Å². The standard InChI is InChI=1S/C13H11BrF2S/c1-8-6-17-7-10(8)11(14)5-9-12(15)3-2-4-13(9)16/h2-4,6-7,11H,5H2,1H3. The minimum atomic E-state index is -0.484. The summed E-state index contributed by atoms with van der Waals surface area (Å²) in [5, 5.41) is 4.04. The second-order valence-electron chi connectivity index (χ2n) is 3.88. The summed E-state index contributed by atoms with van der Waals surface area (Å²) in [6, 6.07) is 3.96. The van der Waals surface area contributed by atoms with Gasteiger partial charge in [-0.3, -0.25) is 0 Å². The van der Waals surface area contributed by atoms with Gasteiger partial charge in [-0.05, 0) is 47.4 Å². The largest absolute Gasteiger partial charge is 0.207 e. The van der Waals surface area contributed by atoms with E-state index < -0.39 is 11.6 Å². The highest BCUT2D eigenvalue weighted by atomic mass is 79.9. The van der Waals surface area contributed by atoms with Gasteiger partial charge in [0.05, 0.1) is 0 Å². The van der Waals surface area contributed by atoms with Crippen molar-refractivity contribution in [3.05, 3.63) is 57.3 Å². The molecule has 0 radical (unpaired) electrons. The van der Waals surface area contributed by atoms with Crippen LogP contribution in [0.4, 0.5) is 8.78 Å². The summed E-state index contributed by atoms with van der Waals surface area (Å²) in [7, 11) is 0. The average Bonchev–Trinajstić information content (AvgIpc) is 2.70. The maximum atomic E-state index is 13.5. The number of rotatable bonds is 3. The van der Waals surface area contributed by atoms with Gasteiger partial charge in [0.15, 0.2) is 0 Å². The molecule has 0 aliphatic heterocycles. The van der Waals surface area contributed by atoms with Crippen molar-refractivity contribution >= 4 is 27.3 Å². The topological polar surface area (TPSA) is 0 Å². The van der Waals surface area contributed by atoms with Gasteiger partial charge in [0.1, 0.15) is 11.6 Å². The Labute approximate surface area is 111 Å². The second kappa shape index (κ2) is 5.27. The lowest BCUT2D eigenvalue weighted by Crippen LogP contribution is -2.01. The van der Waals surface area contributed by atoms with E-state index in [-0.39, 0.29) is 10.4 Å². The van der Waals surface area contributed by atoms with Crippen LogP contribution in [0, 0.1) is 18.6 Å². The highest BCUT2D eigenvalue weighted by Gasteiger charge is 2.16. The molecule has 1 unspecified atom stereocenters. The van der Waals surface area contributed by atoms with Gasteiger partial charge in [-0.25, -0.2) is 8.78 Å². The Morgan fingerprint density at radius 2 is 1.88 bits per heavy atom. The summed E-state index contributed by atoms with van der Waals surface area (Å²) < 4.78 is 27.0. The van der Waals surface area contributed by atoms with Crippen molar-refractivity contribution in [3.8, 4) is 0 Å². The summed E-state index contributed by atoms with van der Waals surface area (Å²) >= 11 is 5.09. The monoisotopic (exact) mass is 316 g/mol. The Hall–Kier alpha value is -0.740. The molecule has 0 spiro atoms. The van der Waals surface area contributed by atoms with Crippen LogP contribution < -0.4 is 0 Å². The molecule has 0 amide bonds. The van der Waals surface area contributed by atoms with Crippen molar-refractivity contribution in [1.29, 1.82) is 0 Å². The minimum absolute atomic E-state index is 0.0554. The first kappa shape index (κ1) is 12.7. The van der Waals surface area contributed by atoms with Crippen molar-refractivity contribution in [3.63, 3.8) is 0 Å². The zero-order chi connectivity index (χ0) is 12.4. The molecule has 1 aromatic heterocycles. The molecular weight excluding hydrogens is 306 g/mol. The average molecular weight is 317 g/mol. The maximum absolute atomic E-state index is 13.5. The van der Waals surface area contributed by atoms with Crippen molar-refractivity contribution in [1.82, 2.24) is 0 Å². The van der Waals surface area contributed by atoms with Crippen molar-refractivity contribution in [2.45, 2.75) is 18.2 Å². The fraction of sp³-hybridized carbons (Fsp3) is 0.231. The normalized spacial score (nSPS) is 12.7. The van der Waals surface area contributed by atoms with E-state index in [9.17, 15) is 8.78 Å². The van der Waals surface area contributed by atoms with E-state index >= 15 is 0 Å². The second-order valence-corrected chi connectivity index (χ2v) is 5.73. The minimum Gasteiger partial charge on any atom is -0.207 e. The number of hydrogen-bond acceptors (Lipinski definition) is 1. The Morgan fingerprint density at radius 3 is 2.41 bits per heavy atom. The molecule has 4 heteroatoms. The highest BCUT2D eigenvalue weighted by molar-refractivity contribution is 9.09. The van der Waals surface area contributed by atoms with Crippen LogP contribution in [-0.2, 0) is 6.42 Å². The van der Waals surface area contributed by atoms with Crippen LogP contribution in [0.5, 0.6) is 0 Å². The van der Waals surface area contributed by atoms with Gasteiger partial charge < -0.3 is 0 Å². The molecule has 2 aromatic rings. The van der Waals surface area contributed by atoms with Gasteiger partial charge in [-0.2, -0.15) is 11.3 Å². The molecule has 1 heterocycles. The summed E-state index contributed by atoms with van der Waals surface area (Å²) in [5.74, 6) is -0.968. The molecule has 0 saturated carbocycles.